The van der Waals surface area contributed by atoms with Crippen molar-refractivity contribution in [3.8, 4) is 5.75 Å². The van der Waals surface area contributed by atoms with E-state index in [9.17, 15) is 5.11 Å². The first-order valence-electron chi connectivity index (χ1n) is 6.78. The zero-order valence-corrected chi connectivity index (χ0v) is 10.7. The Bertz CT molecular complexity index is 414. The van der Waals surface area contributed by atoms with E-state index in [2.05, 4.69) is 6.92 Å². The molecule has 3 nitrogen and oxygen atoms in total. The fraction of sp³-hybridized carbons (Fsp3) is 0.600. The molecule has 1 aromatic carbocycles. The van der Waals surface area contributed by atoms with E-state index in [-0.39, 0.29) is 12.0 Å². The standard InChI is InChI=1S/C15H20O3/c1-10-7-12(9-17-10)15(16)11-3-2-4-14(8-11)18-13-5-6-13/h2-4,8,10,12-13,15-16H,5-7,9H2,1H3. The van der Waals surface area contributed by atoms with Crippen LogP contribution in [0.4, 0.5) is 0 Å². The van der Waals surface area contributed by atoms with Gasteiger partial charge in [0, 0.05) is 5.92 Å². The van der Waals surface area contributed by atoms with Gasteiger partial charge in [-0.15, -0.1) is 0 Å². The molecule has 3 unspecified atom stereocenters. The Hall–Kier alpha value is -1.06. The topological polar surface area (TPSA) is 38.7 Å². The number of aliphatic hydroxyl groups is 1. The third-order valence-electron chi connectivity index (χ3n) is 3.70. The van der Waals surface area contributed by atoms with E-state index < -0.39 is 6.10 Å². The maximum Gasteiger partial charge on any atom is 0.120 e. The average Bonchev–Trinajstić information content (AvgIpc) is 3.08. The highest BCUT2D eigenvalue weighted by molar-refractivity contribution is 5.30. The van der Waals surface area contributed by atoms with E-state index in [1.807, 2.05) is 24.3 Å². The van der Waals surface area contributed by atoms with Gasteiger partial charge < -0.3 is 14.6 Å². The van der Waals surface area contributed by atoms with Crippen LogP contribution in [0.5, 0.6) is 5.75 Å². The quantitative estimate of drug-likeness (QED) is 0.890. The molecule has 3 atom stereocenters. The Morgan fingerprint density at radius 2 is 2.22 bits per heavy atom. The molecule has 2 aliphatic rings. The van der Waals surface area contributed by atoms with Gasteiger partial charge in [0.05, 0.1) is 24.9 Å². The predicted octanol–water partition coefficient (Wildman–Crippen LogP) is 2.69. The number of hydrogen-bond donors (Lipinski definition) is 1. The predicted molar refractivity (Wildman–Crippen MR) is 68.6 cm³/mol. The van der Waals surface area contributed by atoms with Gasteiger partial charge in [-0.3, -0.25) is 0 Å². The molecule has 1 saturated carbocycles. The Balaban J connectivity index is 1.70. The highest BCUT2D eigenvalue weighted by Crippen LogP contribution is 2.34. The molecule has 1 saturated heterocycles. The molecule has 0 spiro atoms. The van der Waals surface area contributed by atoms with E-state index in [0.717, 1.165) is 30.6 Å². The lowest BCUT2D eigenvalue weighted by Crippen LogP contribution is -2.13. The molecule has 3 heteroatoms. The summed E-state index contributed by atoms with van der Waals surface area (Å²) in [4.78, 5) is 0. The zero-order chi connectivity index (χ0) is 12.5. The summed E-state index contributed by atoms with van der Waals surface area (Å²) in [5.74, 6) is 1.08. The molecule has 1 aromatic rings. The van der Waals surface area contributed by atoms with Crippen molar-refractivity contribution in [1.29, 1.82) is 0 Å². The summed E-state index contributed by atoms with van der Waals surface area (Å²) in [6.45, 7) is 2.70. The number of ether oxygens (including phenoxy) is 2. The lowest BCUT2D eigenvalue weighted by atomic mass is 9.93. The summed E-state index contributed by atoms with van der Waals surface area (Å²) >= 11 is 0. The Kier molecular flexibility index (Phi) is 3.27. The van der Waals surface area contributed by atoms with Gasteiger partial charge in [-0.2, -0.15) is 0 Å². The van der Waals surface area contributed by atoms with Crippen LogP contribution in [-0.4, -0.2) is 23.9 Å². The lowest BCUT2D eigenvalue weighted by Gasteiger charge is -2.17. The third-order valence-corrected chi connectivity index (χ3v) is 3.70. The van der Waals surface area contributed by atoms with Gasteiger partial charge in [0.1, 0.15) is 5.75 Å². The van der Waals surface area contributed by atoms with Crippen LogP contribution in [0, 0.1) is 5.92 Å². The molecule has 0 radical (unpaired) electrons. The summed E-state index contributed by atoms with van der Waals surface area (Å²) in [6, 6.07) is 7.84. The third kappa shape index (κ3) is 2.68. The summed E-state index contributed by atoms with van der Waals surface area (Å²) in [5, 5.41) is 10.4. The largest absolute Gasteiger partial charge is 0.490 e. The fourth-order valence-corrected chi connectivity index (χ4v) is 2.49. The Morgan fingerprint density at radius 1 is 1.39 bits per heavy atom. The number of aliphatic hydroxyl groups excluding tert-OH is 1. The minimum absolute atomic E-state index is 0.205. The summed E-state index contributed by atoms with van der Waals surface area (Å²) in [5.41, 5.74) is 0.941. The van der Waals surface area contributed by atoms with Crippen molar-refractivity contribution < 1.29 is 14.6 Å². The average molecular weight is 248 g/mol. The first-order valence-corrected chi connectivity index (χ1v) is 6.78. The van der Waals surface area contributed by atoms with E-state index in [0.29, 0.717) is 12.7 Å². The van der Waals surface area contributed by atoms with Crippen LogP contribution in [0.3, 0.4) is 0 Å². The molecule has 18 heavy (non-hydrogen) atoms. The van der Waals surface area contributed by atoms with Gasteiger partial charge in [0.15, 0.2) is 0 Å². The van der Waals surface area contributed by atoms with Gasteiger partial charge >= 0.3 is 0 Å². The van der Waals surface area contributed by atoms with Crippen LogP contribution in [0.2, 0.25) is 0 Å². The van der Waals surface area contributed by atoms with Crippen LogP contribution in [0.15, 0.2) is 24.3 Å². The number of hydrogen-bond acceptors (Lipinski definition) is 3. The first kappa shape index (κ1) is 12.0. The second kappa shape index (κ2) is 4.90. The number of rotatable bonds is 4. The SMILES string of the molecule is CC1CC(C(O)c2cccc(OC3CC3)c2)CO1. The molecule has 0 amide bonds. The van der Waals surface area contributed by atoms with Crippen LogP contribution in [-0.2, 0) is 4.74 Å². The second-order valence-corrected chi connectivity index (χ2v) is 5.47. The normalized spacial score (nSPS) is 29.2. The van der Waals surface area contributed by atoms with Crippen molar-refractivity contribution in [3.63, 3.8) is 0 Å². The van der Waals surface area contributed by atoms with Crippen molar-refractivity contribution in [2.24, 2.45) is 5.92 Å². The highest BCUT2D eigenvalue weighted by atomic mass is 16.5. The van der Waals surface area contributed by atoms with Gasteiger partial charge in [-0.05, 0) is 43.9 Å². The van der Waals surface area contributed by atoms with E-state index >= 15 is 0 Å². The smallest absolute Gasteiger partial charge is 0.120 e. The van der Waals surface area contributed by atoms with Gasteiger partial charge in [-0.25, -0.2) is 0 Å². The minimum Gasteiger partial charge on any atom is -0.490 e. The highest BCUT2D eigenvalue weighted by Gasteiger charge is 2.30. The molecule has 2 fully saturated rings. The summed E-state index contributed by atoms with van der Waals surface area (Å²) in [6.07, 6.45) is 3.44. The summed E-state index contributed by atoms with van der Waals surface area (Å²) in [7, 11) is 0. The van der Waals surface area contributed by atoms with Gasteiger partial charge in [-0.1, -0.05) is 12.1 Å². The fourth-order valence-electron chi connectivity index (χ4n) is 2.49. The lowest BCUT2D eigenvalue weighted by molar-refractivity contribution is 0.0802. The van der Waals surface area contributed by atoms with Crippen molar-refractivity contribution in [2.45, 2.75) is 44.5 Å². The van der Waals surface area contributed by atoms with Crippen LogP contribution >= 0.6 is 0 Å². The van der Waals surface area contributed by atoms with Gasteiger partial charge in [0.25, 0.3) is 0 Å². The molecule has 0 bridgehead atoms. The minimum atomic E-state index is -0.447. The molecular weight excluding hydrogens is 228 g/mol. The molecule has 0 aromatic heterocycles. The van der Waals surface area contributed by atoms with E-state index in [4.69, 9.17) is 9.47 Å². The summed E-state index contributed by atoms with van der Waals surface area (Å²) < 4.78 is 11.3. The second-order valence-electron chi connectivity index (χ2n) is 5.47. The van der Waals surface area contributed by atoms with Crippen molar-refractivity contribution in [1.82, 2.24) is 0 Å². The molecule has 1 N–H and O–H groups in total. The monoisotopic (exact) mass is 248 g/mol. The first-order chi connectivity index (χ1) is 8.72. The molecule has 1 heterocycles. The van der Waals surface area contributed by atoms with E-state index in [1.54, 1.807) is 0 Å². The Morgan fingerprint density at radius 3 is 2.89 bits per heavy atom. The maximum atomic E-state index is 10.4. The molecular formula is C15H20O3. The van der Waals surface area contributed by atoms with Crippen molar-refractivity contribution >= 4 is 0 Å². The van der Waals surface area contributed by atoms with E-state index in [1.165, 1.54) is 0 Å². The van der Waals surface area contributed by atoms with Crippen LogP contribution in [0.25, 0.3) is 0 Å². The van der Waals surface area contributed by atoms with Gasteiger partial charge in [0.2, 0.25) is 0 Å². The number of benzene rings is 1. The van der Waals surface area contributed by atoms with Crippen LogP contribution in [0.1, 0.15) is 37.9 Å². The molecule has 1 aliphatic carbocycles. The molecule has 98 valence electrons. The van der Waals surface area contributed by atoms with Crippen molar-refractivity contribution in [2.75, 3.05) is 6.61 Å². The maximum absolute atomic E-state index is 10.4. The van der Waals surface area contributed by atoms with Crippen molar-refractivity contribution in [3.05, 3.63) is 29.8 Å². The Labute approximate surface area is 108 Å². The van der Waals surface area contributed by atoms with Crippen LogP contribution < -0.4 is 4.74 Å². The zero-order valence-electron chi connectivity index (χ0n) is 10.7. The molecule has 1 aliphatic heterocycles. The molecule has 3 rings (SSSR count).